The highest BCUT2D eigenvalue weighted by atomic mass is 16.7. The van der Waals surface area contributed by atoms with E-state index in [2.05, 4.69) is 10.3 Å². The van der Waals surface area contributed by atoms with E-state index in [1.807, 2.05) is 29.2 Å². The van der Waals surface area contributed by atoms with Crippen molar-refractivity contribution < 1.29 is 23.7 Å². The van der Waals surface area contributed by atoms with Gasteiger partial charge in [0, 0.05) is 49.6 Å². The molecular formula is C21H23N3O5. The fourth-order valence-electron chi connectivity index (χ4n) is 3.91. The molecule has 29 heavy (non-hydrogen) atoms. The van der Waals surface area contributed by atoms with E-state index >= 15 is 0 Å². The number of ether oxygens (including phenoxy) is 4. The molecule has 2 aromatic rings. The Bertz CT molecular complexity index is 903. The van der Waals surface area contributed by atoms with Gasteiger partial charge >= 0.3 is 0 Å². The van der Waals surface area contributed by atoms with Crippen LogP contribution >= 0.6 is 0 Å². The van der Waals surface area contributed by atoms with Crippen LogP contribution in [0.5, 0.6) is 11.5 Å². The molecule has 1 aromatic heterocycles. The van der Waals surface area contributed by atoms with Crippen molar-refractivity contribution in [1.82, 2.24) is 9.88 Å². The van der Waals surface area contributed by atoms with Crippen LogP contribution in [0.25, 0.3) is 0 Å². The second-order valence-corrected chi connectivity index (χ2v) is 7.31. The van der Waals surface area contributed by atoms with E-state index in [4.69, 9.17) is 18.9 Å². The van der Waals surface area contributed by atoms with E-state index in [-0.39, 0.29) is 5.91 Å². The van der Waals surface area contributed by atoms with Gasteiger partial charge in [0.15, 0.2) is 17.3 Å². The third-order valence-electron chi connectivity index (χ3n) is 5.44. The minimum atomic E-state index is -0.494. The van der Waals surface area contributed by atoms with Crippen LogP contribution in [-0.2, 0) is 9.47 Å². The number of carbonyl (C=O) groups excluding carboxylic acids is 1. The fraction of sp³-hybridized carbons (Fsp3) is 0.429. The molecule has 3 aliphatic heterocycles. The monoisotopic (exact) mass is 397 g/mol. The summed E-state index contributed by atoms with van der Waals surface area (Å²) in [6.07, 6.45) is 3.02. The molecule has 2 fully saturated rings. The summed E-state index contributed by atoms with van der Waals surface area (Å²) in [6, 6.07) is 9.29. The lowest BCUT2D eigenvalue weighted by atomic mass is 10.0. The first-order valence-electron chi connectivity index (χ1n) is 9.91. The SMILES string of the molecule is O=C(c1cc(Nc2ccc3c(c2)OCCO3)ccn1)N1CCC2(CC1)OCCO2. The quantitative estimate of drug-likeness (QED) is 0.852. The molecule has 0 unspecified atom stereocenters. The van der Waals surface area contributed by atoms with Gasteiger partial charge < -0.3 is 29.2 Å². The number of pyridine rings is 1. The van der Waals surface area contributed by atoms with E-state index < -0.39 is 5.79 Å². The first-order chi connectivity index (χ1) is 14.2. The van der Waals surface area contributed by atoms with E-state index in [1.54, 1.807) is 12.3 Å². The number of hydrogen-bond donors (Lipinski definition) is 1. The van der Waals surface area contributed by atoms with Crippen molar-refractivity contribution in [2.75, 3.05) is 44.8 Å². The van der Waals surface area contributed by atoms with Crippen molar-refractivity contribution in [2.24, 2.45) is 0 Å². The average molecular weight is 397 g/mol. The van der Waals surface area contributed by atoms with Gasteiger partial charge in [0.2, 0.25) is 0 Å². The minimum Gasteiger partial charge on any atom is -0.486 e. The number of anilines is 2. The van der Waals surface area contributed by atoms with Gasteiger partial charge in [-0.3, -0.25) is 9.78 Å². The maximum atomic E-state index is 12.9. The van der Waals surface area contributed by atoms with Crippen LogP contribution in [0, 0.1) is 0 Å². The van der Waals surface area contributed by atoms with Crippen molar-refractivity contribution in [3.63, 3.8) is 0 Å². The van der Waals surface area contributed by atoms with Crippen molar-refractivity contribution >= 4 is 17.3 Å². The van der Waals surface area contributed by atoms with Crippen LogP contribution in [-0.4, -0.2) is 61.1 Å². The topological polar surface area (TPSA) is 82.2 Å². The largest absolute Gasteiger partial charge is 0.486 e. The Kier molecular flexibility index (Phi) is 4.73. The molecule has 2 saturated heterocycles. The van der Waals surface area contributed by atoms with E-state index in [0.717, 1.165) is 17.1 Å². The summed E-state index contributed by atoms with van der Waals surface area (Å²) in [6.45, 7) is 3.55. The molecule has 4 heterocycles. The molecule has 0 radical (unpaired) electrons. The Morgan fingerprint density at radius 1 is 0.931 bits per heavy atom. The predicted molar refractivity (Wildman–Crippen MR) is 105 cm³/mol. The smallest absolute Gasteiger partial charge is 0.272 e. The molecule has 1 N–H and O–H groups in total. The van der Waals surface area contributed by atoms with Gasteiger partial charge in [-0.1, -0.05) is 0 Å². The zero-order valence-electron chi connectivity index (χ0n) is 16.1. The van der Waals surface area contributed by atoms with Gasteiger partial charge in [-0.25, -0.2) is 0 Å². The number of nitrogens with one attached hydrogen (secondary N) is 1. The van der Waals surface area contributed by atoms with Crippen LogP contribution in [0.4, 0.5) is 11.4 Å². The van der Waals surface area contributed by atoms with Gasteiger partial charge in [0.05, 0.1) is 13.2 Å². The molecule has 0 bridgehead atoms. The lowest BCUT2D eigenvalue weighted by Crippen LogP contribution is -2.47. The molecular weight excluding hydrogens is 374 g/mol. The molecule has 1 aromatic carbocycles. The van der Waals surface area contributed by atoms with Crippen LogP contribution in [0.1, 0.15) is 23.3 Å². The Morgan fingerprint density at radius 3 is 2.45 bits per heavy atom. The summed E-state index contributed by atoms with van der Waals surface area (Å²) in [5, 5.41) is 3.31. The second-order valence-electron chi connectivity index (χ2n) is 7.31. The molecule has 5 rings (SSSR count). The maximum absolute atomic E-state index is 12.9. The molecule has 152 valence electrons. The number of aromatic nitrogens is 1. The summed E-state index contributed by atoms with van der Waals surface area (Å²) in [5.41, 5.74) is 2.06. The molecule has 0 saturated carbocycles. The highest BCUT2D eigenvalue weighted by molar-refractivity contribution is 5.93. The first-order valence-corrected chi connectivity index (χ1v) is 9.91. The van der Waals surface area contributed by atoms with Crippen molar-refractivity contribution in [3.05, 3.63) is 42.2 Å². The van der Waals surface area contributed by atoms with E-state index in [0.29, 0.717) is 63.8 Å². The molecule has 0 aliphatic carbocycles. The Balaban J connectivity index is 1.26. The van der Waals surface area contributed by atoms with Crippen LogP contribution in [0.3, 0.4) is 0 Å². The number of amides is 1. The number of piperidine rings is 1. The Hall–Kier alpha value is -2.84. The van der Waals surface area contributed by atoms with Crippen LogP contribution in [0.2, 0.25) is 0 Å². The molecule has 0 atom stereocenters. The maximum Gasteiger partial charge on any atom is 0.272 e. The number of benzene rings is 1. The van der Waals surface area contributed by atoms with Crippen molar-refractivity contribution in [3.8, 4) is 11.5 Å². The summed E-state index contributed by atoms with van der Waals surface area (Å²) in [4.78, 5) is 19.0. The van der Waals surface area contributed by atoms with E-state index in [1.165, 1.54) is 0 Å². The number of nitrogens with zero attached hydrogens (tertiary/aromatic N) is 2. The van der Waals surface area contributed by atoms with Crippen molar-refractivity contribution in [1.29, 1.82) is 0 Å². The number of likely N-dealkylation sites (tertiary alicyclic amines) is 1. The van der Waals surface area contributed by atoms with Gasteiger partial charge in [0.1, 0.15) is 18.9 Å². The third kappa shape index (κ3) is 3.73. The third-order valence-corrected chi connectivity index (χ3v) is 5.44. The zero-order chi connectivity index (χ0) is 19.7. The average Bonchev–Trinajstić information content (AvgIpc) is 3.22. The minimum absolute atomic E-state index is 0.0799. The van der Waals surface area contributed by atoms with Crippen LogP contribution < -0.4 is 14.8 Å². The molecule has 8 heteroatoms. The number of rotatable bonds is 3. The fourth-order valence-corrected chi connectivity index (χ4v) is 3.91. The molecule has 8 nitrogen and oxygen atoms in total. The first kappa shape index (κ1) is 18.2. The summed E-state index contributed by atoms with van der Waals surface area (Å²) in [5.74, 6) is 0.880. The van der Waals surface area contributed by atoms with Gasteiger partial charge in [-0.2, -0.15) is 0 Å². The van der Waals surface area contributed by atoms with Crippen molar-refractivity contribution in [2.45, 2.75) is 18.6 Å². The summed E-state index contributed by atoms with van der Waals surface area (Å²) in [7, 11) is 0. The standard InChI is InChI=1S/C21H23N3O5/c25-20(24-7-4-21(5-8-24)28-11-12-29-21)17-13-16(3-6-22-17)23-15-1-2-18-19(14-15)27-10-9-26-18/h1-3,6,13-14H,4-5,7-12H2,(H,22,23). The summed E-state index contributed by atoms with van der Waals surface area (Å²) < 4.78 is 22.6. The number of carbonyl (C=O) groups is 1. The highest BCUT2D eigenvalue weighted by Crippen LogP contribution is 2.34. The Morgan fingerprint density at radius 2 is 1.66 bits per heavy atom. The summed E-state index contributed by atoms with van der Waals surface area (Å²) >= 11 is 0. The highest BCUT2D eigenvalue weighted by Gasteiger charge is 2.41. The molecule has 1 spiro atoms. The molecule has 3 aliphatic rings. The second kappa shape index (κ2) is 7.53. The van der Waals surface area contributed by atoms with Crippen LogP contribution in [0.15, 0.2) is 36.5 Å². The predicted octanol–water partition coefficient (Wildman–Crippen LogP) is 2.58. The normalized spacial score (nSPS) is 19.9. The lowest BCUT2D eigenvalue weighted by molar-refractivity contribution is -0.181. The zero-order valence-corrected chi connectivity index (χ0v) is 16.1. The number of hydrogen-bond acceptors (Lipinski definition) is 7. The van der Waals surface area contributed by atoms with Gasteiger partial charge in [-0.05, 0) is 24.3 Å². The van der Waals surface area contributed by atoms with Gasteiger partial charge in [0.25, 0.3) is 5.91 Å². The lowest BCUT2D eigenvalue weighted by Gasteiger charge is -2.37. The number of fused-ring (bicyclic) bond motifs is 1. The Labute approximate surface area is 168 Å². The van der Waals surface area contributed by atoms with E-state index in [9.17, 15) is 4.79 Å². The van der Waals surface area contributed by atoms with Gasteiger partial charge in [-0.15, -0.1) is 0 Å². The molecule has 1 amide bonds.